The molecule has 0 nitrogen and oxygen atoms in total. The zero-order valence-electron chi connectivity index (χ0n) is 6.07. The lowest BCUT2D eigenvalue weighted by molar-refractivity contribution is 1.08. The van der Waals surface area contributed by atoms with Gasteiger partial charge >= 0.3 is 0 Å². The van der Waals surface area contributed by atoms with Crippen LogP contribution in [0.15, 0.2) is 18.2 Å². The predicted octanol–water partition coefficient (Wildman–Crippen LogP) is 3.22. The summed E-state index contributed by atoms with van der Waals surface area (Å²) in [5, 5.41) is 1.24. The summed E-state index contributed by atoms with van der Waals surface area (Å²) in [5.74, 6) is 0. The van der Waals surface area contributed by atoms with Crippen molar-refractivity contribution in [3.05, 3.63) is 33.8 Å². The molecule has 0 aliphatic heterocycles. The molecule has 1 unspecified atom stereocenters. The van der Waals surface area contributed by atoms with E-state index in [2.05, 4.69) is 10.2 Å². The van der Waals surface area contributed by atoms with Crippen LogP contribution in [0.2, 0.25) is 10.0 Å². The van der Waals surface area contributed by atoms with Gasteiger partial charge in [-0.1, -0.05) is 42.3 Å². The molecule has 0 bridgehead atoms. The summed E-state index contributed by atoms with van der Waals surface area (Å²) in [5.41, 5.74) is 1.26. The van der Waals surface area contributed by atoms with Gasteiger partial charge in [-0.2, -0.15) is 0 Å². The highest BCUT2D eigenvalue weighted by atomic mass is 35.5. The minimum absolute atomic E-state index is 0.237. The third-order valence-corrected chi connectivity index (χ3v) is 2.59. The average Bonchev–Trinajstić information content (AvgIpc) is 1.94. The first kappa shape index (κ1) is 9.11. The number of benzene rings is 1. The summed E-state index contributed by atoms with van der Waals surface area (Å²) in [7, 11) is 3.47. The third-order valence-electron chi connectivity index (χ3n) is 1.45. The molecule has 1 aromatic carbocycles. The highest BCUT2D eigenvalue weighted by molar-refractivity contribution is 6.42. The average molecular weight is 202 g/mol. The fourth-order valence-corrected chi connectivity index (χ4v) is 1.66. The summed E-state index contributed by atoms with van der Waals surface area (Å²) in [6.07, 6.45) is 0. The van der Waals surface area contributed by atoms with E-state index in [9.17, 15) is 0 Å². The summed E-state index contributed by atoms with van der Waals surface area (Å²) >= 11 is 11.7. The van der Waals surface area contributed by atoms with Gasteiger partial charge in [0.25, 0.3) is 0 Å². The molecule has 1 atom stereocenters. The van der Waals surface area contributed by atoms with Crippen LogP contribution in [0.3, 0.4) is 0 Å². The first-order chi connectivity index (χ1) is 5.13. The zero-order chi connectivity index (χ0) is 8.43. The first-order valence-corrected chi connectivity index (χ1v) is 4.61. The van der Waals surface area contributed by atoms with Gasteiger partial charge in [-0.3, -0.25) is 0 Å². The van der Waals surface area contributed by atoms with Crippen molar-refractivity contribution < 1.29 is 0 Å². The molecule has 0 aliphatic rings. The van der Waals surface area contributed by atoms with E-state index in [-0.39, 0.29) is 5.54 Å². The Morgan fingerprint density at radius 3 is 2.45 bits per heavy atom. The van der Waals surface area contributed by atoms with E-state index in [4.69, 9.17) is 23.2 Å². The van der Waals surface area contributed by atoms with Crippen molar-refractivity contribution >= 4 is 33.4 Å². The summed E-state index contributed by atoms with van der Waals surface area (Å²) in [6.45, 7) is 2.01. The molecule has 0 N–H and O–H groups in total. The number of halogens is 2. The van der Waals surface area contributed by atoms with Crippen molar-refractivity contribution in [2.75, 3.05) is 0 Å². The van der Waals surface area contributed by atoms with Crippen molar-refractivity contribution in [1.82, 2.24) is 0 Å². The molecule has 57 valence electrons. The van der Waals surface area contributed by atoms with Crippen LogP contribution in [-0.2, 0) is 0 Å². The molecule has 0 amide bonds. The second-order valence-corrected chi connectivity index (χ2v) is 4.02. The standard InChI is InChI=1S/C8H7Cl2Si/c1-5(11)6-3-2-4-7(9)8(6)10/h2-5H,1H3. The fourth-order valence-electron chi connectivity index (χ4n) is 0.855. The quantitative estimate of drug-likeness (QED) is 0.613. The molecular formula is C8H7Cl2Si. The number of hydrogen-bond acceptors (Lipinski definition) is 0. The molecule has 0 aromatic heterocycles. The van der Waals surface area contributed by atoms with Gasteiger partial charge in [0, 0.05) is 10.2 Å². The minimum atomic E-state index is 0.237. The van der Waals surface area contributed by atoms with Gasteiger partial charge < -0.3 is 0 Å². The van der Waals surface area contributed by atoms with Gasteiger partial charge in [-0.25, -0.2) is 0 Å². The van der Waals surface area contributed by atoms with Crippen LogP contribution in [-0.4, -0.2) is 10.2 Å². The Labute approximate surface area is 79.9 Å². The molecule has 0 aliphatic carbocycles. The van der Waals surface area contributed by atoms with Crippen LogP contribution in [0.4, 0.5) is 0 Å². The molecule has 0 saturated heterocycles. The van der Waals surface area contributed by atoms with E-state index in [1.54, 1.807) is 6.07 Å². The van der Waals surface area contributed by atoms with Crippen molar-refractivity contribution in [3.8, 4) is 0 Å². The van der Waals surface area contributed by atoms with E-state index in [1.807, 2.05) is 19.1 Å². The van der Waals surface area contributed by atoms with Crippen molar-refractivity contribution in [2.45, 2.75) is 12.5 Å². The second kappa shape index (κ2) is 3.61. The van der Waals surface area contributed by atoms with Crippen LogP contribution in [0.25, 0.3) is 0 Å². The number of rotatable bonds is 1. The maximum Gasteiger partial charge on any atom is 0.0623 e. The van der Waals surface area contributed by atoms with Gasteiger partial charge in [-0.05, 0) is 17.2 Å². The maximum absolute atomic E-state index is 5.93. The Kier molecular flexibility index (Phi) is 2.99. The Bertz CT molecular complexity index is 258. The Morgan fingerprint density at radius 1 is 1.36 bits per heavy atom. The fraction of sp³-hybridized carbons (Fsp3) is 0.250. The lowest BCUT2D eigenvalue weighted by Crippen LogP contribution is -1.92. The Morgan fingerprint density at radius 2 is 2.00 bits per heavy atom. The Hall–Kier alpha value is 0.0169. The van der Waals surface area contributed by atoms with Crippen LogP contribution in [0.1, 0.15) is 18.0 Å². The normalized spacial score (nSPS) is 13.1. The predicted molar refractivity (Wildman–Crippen MR) is 50.6 cm³/mol. The second-order valence-electron chi connectivity index (χ2n) is 2.36. The highest BCUT2D eigenvalue weighted by Crippen LogP contribution is 2.29. The highest BCUT2D eigenvalue weighted by Gasteiger charge is 2.06. The van der Waals surface area contributed by atoms with Crippen molar-refractivity contribution in [1.29, 1.82) is 0 Å². The summed E-state index contributed by atoms with van der Waals surface area (Å²) < 4.78 is 0. The smallest absolute Gasteiger partial charge is 0.0623 e. The molecule has 3 radical (unpaired) electrons. The lowest BCUT2D eigenvalue weighted by atomic mass is 10.2. The molecule has 11 heavy (non-hydrogen) atoms. The molecule has 0 saturated carbocycles. The van der Waals surface area contributed by atoms with Gasteiger partial charge in [0.05, 0.1) is 10.0 Å². The third kappa shape index (κ3) is 1.98. The first-order valence-electron chi connectivity index (χ1n) is 3.28. The van der Waals surface area contributed by atoms with Crippen LogP contribution >= 0.6 is 23.2 Å². The van der Waals surface area contributed by atoms with Crippen molar-refractivity contribution in [2.24, 2.45) is 0 Å². The van der Waals surface area contributed by atoms with Crippen LogP contribution < -0.4 is 0 Å². The van der Waals surface area contributed by atoms with Gasteiger partial charge in [0.15, 0.2) is 0 Å². The number of hydrogen-bond donors (Lipinski definition) is 0. The zero-order valence-corrected chi connectivity index (χ0v) is 8.58. The van der Waals surface area contributed by atoms with Gasteiger partial charge in [0.2, 0.25) is 0 Å². The molecule has 0 spiro atoms. The van der Waals surface area contributed by atoms with E-state index in [0.29, 0.717) is 10.0 Å². The van der Waals surface area contributed by atoms with Crippen LogP contribution in [0, 0.1) is 0 Å². The van der Waals surface area contributed by atoms with E-state index in [0.717, 1.165) is 5.56 Å². The largest absolute Gasteiger partial charge is 0.0827 e. The molecule has 3 heteroatoms. The Balaban J connectivity index is 3.17. The molecule has 0 fully saturated rings. The van der Waals surface area contributed by atoms with Gasteiger partial charge in [-0.15, -0.1) is 0 Å². The topological polar surface area (TPSA) is 0 Å². The molecular weight excluding hydrogens is 195 g/mol. The van der Waals surface area contributed by atoms with E-state index in [1.165, 1.54) is 0 Å². The molecule has 0 heterocycles. The van der Waals surface area contributed by atoms with Gasteiger partial charge in [0.1, 0.15) is 0 Å². The molecule has 1 aromatic rings. The SMILES string of the molecule is CC([Si])c1cccc(Cl)c1Cl. The molecule has 1 rings (SSSR count). The monoisotopic (exact) mass is 201 g/mol. The summed E-state index contributed by atoms with van der Waals surface area (Å²) in [4.78, 5) is 0. The summed E-state index contributed by atoms with van der Waals surface area (Å²) in [6, 6.07) is 5.62. The maximum atomic E-state index is 5.93. The lowest BCUT2D eigenvalue weighted by Gasteiger charge is -2.07. The minimum Gasteiger partial charge on any atom is -0.0827 e. The van der Waals surface area contributed by atoms with E-state index < -0.39 is 0 Å². The van der Waals surface area contributed by atoms with Crippen LogP contribution in [0.5, 0.6) is 0 Å². The van der Waals surface area contributed by atoms with E-state index >= 15 is 0 Å². The van der Waals surface area contributed by atoms with Crippen molar-refractivity contribution in [3.63, 3.8) is 0 Å².